The van der Waals surface area contributed by atoms with E-state index in [0.717, 1.165) is 0 Å². The van der Waals surface area contributed by atoms with Gasteiger partial charge in [0.25, 0.3) is 5.69 Å². The molecule has 2 amide bonds. The number of halogens is 1. The maximum absolute atomic E-state index is 11.6. The Morgan fingerprint density at radius 3 is 2.50 bits per heavy atom. The Kier molecular flexibility index (Phi) is 4.13. The van der Waals surface area contributed by atoms with Crippen LogP contribution in [0.4, 0.5) is 16.2 Å². The van der Waals surface area contributed by atoms with E-state index >= 15 is 0 Å². The Morgan fingerprint density at radius 2 is 2.00 bits per heavy atom. The summed E-state index contributed by atoms with van der Waals surface area (Å²) in [4.78, 5) is 21.8. The van der Waals surface area contributed by atoms with Gasteiger partial charge in [-0.1, -0.05) is 11.6 Å². The van der Waals surface area contributed by atoms with Gasteiger partial charge in [-0.2, -0.15) is 0 Å². The summed E-state index contributed by atoms with van der Waals surface area (Å²) in [5.41, 5.74) is -0.574. The van der Waals surface area contributed by atoms with Gasteiger partial charge < -0.3 is 10.6 Å². The fraction of sp³-hybridized carbons (Fsp3) is 0.364. The number of carbonyl (C=O) groups is 1. The van der Waals surface area contributed by atoms with Crippen LogP contribution in [0.2, 0.25) is 5.02 Å². The highest BCUT2D eigenvalue weighted by molar-refractivity contribution is 6.31. The molecule has 0 aliphatic carbocycles. The summed E-state index contributed by atoms with van der Waals surface area (Å²) in [5, 5.41) is 16.2. The molecule has 0 aliphatic rings. The van der Waals surface area contributed by atoms with Gasteiger partial charge in [0, 0.05) is 16.6 Å². The molecule has 2 N–H and O–H groups in total. The van der Waals surface area contributed by atoms with E-state index in [2.05, 4.69) is 10.6 Å². The molecule has 0 atom stereocenters. The van der Waals surface area contributed by atoms with Gasteiger partial charge in [0.05, 0.1) is 4.92 Å². The van der Waals surface area contributed by atoms with Crippen molar-refractivity contribution in [2.24, 2.45) is 0 Å². The van der Waals surface area contributed by atoms with E-state index < -0.39 is 16.5 Å². The highest BCUT2D eigenvalue weighted by Crippen LogP contribution is 2.27. The lowest BCUT2D eigenvalue weighted by atomic mass is 10.1. The fourth-order valence-corrected chi connectivity index (χ4v) is 1.43. The van der Waals surface area contributed by atoms with Crippen LogP contribution >= 0.6 is 11.6 Å². The summed E-state index contributed by atoms with van der Waals surface area (Å²) in [7, 11) is 0. The SMILES string of the molecule is CC(C)(C)NC(=O)Nc1cc(Cl)ccc1[N+](=O)[O-]. The number of nitrogens with one attached hydrogen (secondary N) is 2. The van der Waals surface area contributed by atoms with Crippen LogP contribution in [0.15, 0.2) is 18.2 Å². The van der Waals surface area contributed by atoms with Crippen LogP contribution in [0, 0.1) is 10.1 Å². The zero-order valence-electron chi connectivity index (χ0n) is 10.3. The second kappa shape index (κ2) is 5.22. The molecule has 0 aliphatic heterocycles. The lowest BCUT2D eigenvalue weighted by Gasteiger charge is -2.20. The molecule has 18 heavy (non-hydrogen) atoms. The van der Waals surface area contributed by atoms with Gasteiger partial charge in [-0.05, 0) is 32.9 Å². The van der Waals surface area contributed by atoms with Gasteiger partial charge in [-0.3, -0.25) is 10.1 Å². The summed E-state index contributed by atoms with van der Waals surface area (Å²) in [6, 6.07) is 3.46. The molecule has 0 heterocycles. The number of amides is 2. The Balaban J connectivity index is 2.93. The number of hydrogen-bond donors (Lipinski definition) is 2. The highest BCUT2D eigenvalue weighted by Gasteiger charge is 2.19. The first-order valence-corrected chi connectivity index (χ1v) is 5.60. The maximum Gasteiger partial charge on any atom is 0.319 e. The minimum absolute atomic E-state index is 0.0641. The van der Waals surface area contributed by atoms with Gasteiger partial charge in [-0.15, -0.1) is 0 Å². The molecule has 1 rings (SSSR count). The van der Waals surface area contributed by atoms with Gasteiger partial charge in [-0.25, -0.2) is 4.79 Å². The fourth-order valence-electron chi connectivity index (χ4n) is 1.26. The number of nitrogens with zero attached hydrogens (tertiary/aromatic N) is 1. The summed E-state index contributed by atoms with van der Waals surface area (Å²) in [6.07, 6.45) is 0. The van der Waals surface area contributed by atoms with E-state index in [-0.39, 0.29) is 11.4 Å². The normalized spacial score (nSPS) is 10.9. The number of anilines is 1. The summed E-state index contributed by atoms with van der Waals surface area (Å²) >= 11 is 5.74. The molecular weight excluding hydrogens is 258 g/mol. The highest BCUT2D eigenvalue weighted by atomic mass is 35.5. The third kappa shape index (κ3) is 4.21. The van der Waals surface area contributed by atoms with Crippen molar-refractivity contribution in [3.63, 3.8) is 0 Å². The van der Waals surface area contributed by atoms with Crippen LogP contribution in [0.25, 0.3) is 0 Å². The van der Waals surface area contributed by atoms with E-state index in [0.29, 0.717) is 5.02 Å². The molecule has 1 aromatic rings. The van der Waals surface area contributed by atoms with Crippen molar-refractivity contribution in [2.45, 2.75) is 26.3 Å². The Bertz CT molecular complexity index is 483. The molecule has 6 nitrogen and oxygen atoms in total. The van der Waals surface area contributed by atoms with Crippen LogP contribution in [0.1, 0.15) is 20.8 Å². The van der Waals surface area contributed by atoms with Crippen molar-refractivity contribution in [1.82, 2.24) is 5.32 Å². The molecule has 0 fully saturated rings. The van der Waals surface area contributed by atoms with Crippen molar-refractivity contribution in [2.75, 3.05) is 5.32 Å². The van der Waals surface area contributed by atoms with Gasteiger partial charge >= 0.3 is 6.03 Å². The first-order valence-electron chi connectivity index (χ1n) is 5.22. The van der Waals surface area contributed by atoms with Crippen LogP contribution in [-0.4, -0.2) is 16.5 Å². The maximum atomic E-state index is 11.6. The van der Waals surface area contributed by atoms with Crippen molar-refractivity contribution < 1.29 is 9.72 Å². The average molecular weight is 272 g/mol. The third-order valence-electron chi connectivity index (χ3n) is 1.89. The van der Waals surface area contributed by atoms with Crippen molar-refractivity contribution >= 4 is 29.0 Å². The topological polar surface area (TPSA) is 84.3 Å². The Labute approximate surface area is 109 Å². The van der Waals surface area contributed by atoms with Crippen LogP contribution < -0.4 is 10.6 Å². The quantitative estimate of drug-likeness (QED) is 0.640. The lowest BCUT2D eigenvalue weighted by Crippen LogP contribution is -2.43. The molecule has 98 valence electrons. The Hall–Kier alpha value is -1.82. The van der Waals surface area contributed by atoms with E-state index in [9.17, 15) is 14.9 Å². The first-order chi connectivity index (χ1) is 8.19. The second-order valence-electron chi connectivity index (χ2n) is 4.75. The number of benzene rings is 1. The molecule has 0 aromatic heterocycles. The predicted molar refractivity (Wildman–Crippen MR) is 70.0 cm³/mol. The molecule has 0 bridgehead atoms. The monoisotopic (exact) mass is 271 g/mol. The van der Waals surface area contributed by atoms with E-state index in [4.69, 9.17) is 11.6 Å². The number of carbonyl (C=O) groups excluding carboxylic acids is 1. The van der Waals surface area contributed by atoms with Gasteiger partial charge in [0.15, 0.2) is 0 Å². The molecular formula is C11H14ClN3O3. The standard InChI is InChI=1S/C11H14ClN3O3/c1-11(2,3)14-10(16)13-8-6-7(12)4-5-9(8)15(17)18/h4-6H,1-3H3,(H2,13,14,16). The smallest absolute Gasteiger partial charge is 0.319 e. The molecule has 7 heteroatoms. The predicted octanol–water partition coefficient (Wildman–Crippen LogP) is 3.17. The van der Waals surface area contributed by atoms with Gasteiger partial charge in [0.1, 0.15) is 5.69 Å². The molecule has 1 aromatic carbocycles. The number of rotatable bonds is 2. The van der Waals surface area contributed by atoms with E-state index in [1.54, 1.807) is 20.8 Å². The molecule has 0 saturated heterocycles. The van der Waals surface area contributed by atoms with E-state index in [1.807, 2.05) is 0 Å². The van der Waals surface area contributed by atoms with E-state index in [1.165, 1.54) is 18.2 Å². The van der Waals surface area contributed by atoms with Crippen LogP contribution in [0.5, 0.6) is 0 Å². The minimum Gasteiger partial charge on any atom is -0.333 e. The third-order valence-corrected chi connectivity index (χ3v) is 2.13. The number of nitro benzene ring substituents is 1. The second-order valence-corrected chi connectivity index (χ2v) is 5.18. The van der Waals surface area contributed by atoms with Crippen LogP contribution in [0.3, 0.4) is 0 Å². The van der Waals surface area contributed by atoms with Crippen molar-refractivity contribution in [3.8, 4) is 0 Å². The van der Waals surface area contributed by atoms with Gasteiger partial charge in [0.2, 0.25) is 0 Å². The van der Waals surface area contributed by atoms with Crippen molar-refractivity contribution in [1.29, 1.82) is 0 Å². The van der Waals surface area contributed by atoms with Crippen LogP contribution in [-0.2, 0) is 0 Å². The van der Waals surface area contributed by atoms with Crippen molar-refractivity contribution in [3.05, 3.63) is 33.3 Å². The molecule has 0 spiro atoms. The zero-order chi connectivity index (χ0) is 13.9. The summed E-state index contributed by atoms with van der Waals surface area (Å²) in [6.45, 7) is 5.41. The molecule has 0 unspecified atom stereocenters. The number of hydrogen-bond acceptors (Lipinski definition) is 3. The molecule has 0 saturated carbocycles. The largest absolute Gasteiger partial charge is 0.333 e. The number of urea groups is 1. The summed E-state index contributed by atoms with van der Waals surface area (Å²) < 4.78 is 0. The molecule has 0 radical (unpaired) electrons. The average Bonchev–Trinajstić information content (AvgIpc) is 2.13. The zero-order valence-corrected chi connectivity index (χ0v) is 11.0. The lowest BCUT2D eigenvalue weighted by molar-refractivity contribution is -0.383. The first kappa shape index (κ1) is 14.2. The minimum atomic E-state index is -0.580. The Morgan fingerprint density at radius 1 is 1.39 bits per heavy atom. The number of nitro groups is 1. The summed E-state index contributed by atoms with van der Waals surface area (Å²) in [5.74, 6) is 0.